The van der Waals surface area contributed by atoms with E-state index in [4.69, 9.17) is 0 Å². The molecule has 0 unspecified atom stereocenters. The normalized spacial score (nSPS) is 15.1. The average Bonchev–Trinajstić information content (AvgIpc) is 4.02. The van der Waals surface area contributed by atoms with Crippen LogP contribution in [0.3, 0.4) is 0 Å². The maximum Gasteiger partial charge on any atom is 0.263 e. The van der Waals surface area contributed by atoms with E-state index < -0.39 is 16.1 Å². The van der Waals surface area contributed by atoms with Gasteiger partial charge in [0.25, 0.3) is 11.8 Å². The molecule has 2 aliphatic rings. The number of nitrogens with zero attached hydrogens (tertiary/aromatic N) is 2. The third kappa shape index (κ3) is 6.66. The van der Waals surface area contributed by atoms with Gasteiger partial charge in [-0.05, 0) is 120 Å². The van der Waals surface area contributed by atoms with Crippen LogP contribution in [-0.4, -0.2) is 63.9 Å². The lowest BCUT2D eigenvalue weighted by molar-refractivity contribution is 0.0790. The first-order chi connectivity index (χ1) is 25.2. The molecule has 8 heteroatoms. The van der Waals surface area contributed by atoms with Gasteiger partial charge in [-0.2, -0.15) is 0 Å². The first kappa shape index (κ1) is 36.9. The van der Waals surface area contributed by atoms with Crippen LogP contribution in [0, 0.1) is 22.9 Å². The second-order valence-corrected chi connectivity index (χ2v) is 27.1. The molecule has 2 aliphatic heterocycles. The molecule has 4 nitrogen and oxygen atoms in total. The molecule has 2 saturated heterocycles. The van der Waals surface area contributed by atoms with E-state index in [1.165, 1.54) is 0 Å². The number of hydrogen-bond donors (Lipinski definition) is 0. The van der Waals surface area contributed by atoms with Gasteiger partial charge in [0.05, 0.1) is 9.75 Å². The summed E-state index contributed by atoms with van der Waals surface area (Å²) in [5.41, 5.74) is 10.0. The number of carbonyl (C=O) groups excluding carboxylic acids is 2. The van der Waals surface area contributed by atoms with Gasteiger partial charge in [0.15, 0.2) is 0 Å². The summed E-state index contributed by atoms with van der Waals surface area (Å²) in [5, 5.41) is 6.71. The van der Waals surface area contributed by atoms with E-state index in [-0.39, 0.29) is 11.8 Å². The number of carbonyl (C=O) groups is 2. The van der Waals surface area contributed by atoms with Crippen molar-refractivity contribution < 1.29 is 9.59 Å². The van der Waals surface area contributed by atoms with Crippen LogP contribution in [0.1, 0.15) is 97.7 Å². The van der Waals surface area contributed by atoms with E-state index in [9.17, 15) is 9.59 Å². The maximum absolute atomic E-state index is 13.6. The molecule has 0 aliphatic carbocycles. The van der Waals surface area contributed by atoms with E-state index in [1.54, 1.807) is 22.7 Å². The van der Waals surface area contributed by atoms with Gasteiger partial charge in [-0.15, -0.1) is 33.8 Å². The van der Waals surface area contributed by atoms with Crippen LogP contribution in [0.2, 0.25) is 36.3 Å². The summed E-state index contributed by atoms with van der Waals surface area (Å²) in [7, 11) is -3.56. The molecule has 0 N–H and O–H groups in total. The fourth-order valence-corrected chi connectivity index (χ4v) is 15.3. The Balaban J connectivity index is 1.56. The van der Waals surface area contributed by atoms with Crippen LogP contribution in [-0.2, 0) is 0 Å². The summed E-state index contributed by atoms with van der Waals surface area (Å²) in [6.45, 7) is 17.3. The summed E-state index contributed by atoms with van der Waals surface area (Å²) in [6, 6.07) is 20.3. The molecule has 0 radical (unpaired) electrons. The van der Waals surface area contributed by atoms with Crippen molar-refractivity contribution in [3.63, 3.8) is 0 Å². The van der Waals surface area contributed by atoms with E-state index in [2.05, 4.69) is 101 Å². The van der Waals surface area contributed by atoms with Gasteiger partial charge in [0.2, 0.25) is 0 Å². The molecule has 2 amide bonds. The van der Waals surface area contributed by atoms with Crippen molar-refractivity contribution in [2.24, 2.45) is 0 Å². The quantitative estimate of drug-likeness (QED) is 0.0898. The minimum atomic E-state index is -1.78. The van der Waals surface area contributed by atoms with E-state index in [1.807, 2.05) is 9.80 Å². The lowest BCUT2D eigenvalue weighted by atomic mass is 9.91. The highest BCUT2D eigenvalue weighted by molar-refractivity contribution is 7.21. The fraction of sp³-hybridized carbons (Fsp3) is 0.455. The number of fused-ring (bicyclic) bond motifs is 4. The van der Waals surface area contributed by atoms with Crippen LogP contribution in [0.5, 0.6) is 0 Å². The van der Waals surface area contributed by atoms with E-state index in [0.717, 1.165) is 151 Å². The summed E-state index contributed by atoms with van der Waals surface area (Å²) in [6.07, 6.45) is 4.33. The maximum atomic E-state index is 13.6. The molecule has 0 atom stereocenters. The molecule has 270 valence electrons. The van der Waals surface area contributed by atoms with Gasteiger partial charge >= 0.3 is 0 Å². The molecule has 2 fully saturated rings. The van der Waals surface area contributed by atoms with Gasteiger partial charge < -0.3 is 9.80 Å². The zero-order valence-corrected chi connectivity index (χ0v) is 35.5. The summed E-state index contributed by atoms with van der Waals surface area (Å²) >= 11 is 3.23. The highest BCUT2D eigenvalue weighted by Crippen LogP contribution is 2.41. The minimum absolute atomic E-state index is 0.154. The number of likely N-dealkylation sites (tertiary alicyclic amines) is 2. The Kier molecular flexibility index (Phi) is 10.8. The van der Waals surface area contributed by atoms with Crippen molar-refractivity contribution in [2.45, 2.75) is 103 Å². The summed E-state index contributed by atoms with van der Waals surface area (Å²) < 4.78 is 2.24. The fourth-order valence-electron chi connectivity index (χ4n) is 8.34. The standard InChI is InChI=1S/C44H52N2O2S2Si2/c1-7-51(8-2,9-3)23-17-33-35-25-31-27-41(43(47)45-19-13-14-20-45)50-40(31)30-38(35)34(18-24-52(10-4,11-5)12-6)36-26-32-28-42(49-39(32)29-37(33)36)44(48)46-21-15-16-22-46/h25-30H,7-16,19-22H2,1-6H3. The second kappa shape index (κ2) is 15.1. The van der Waals surface area contributed by atoms with Crippen LogP contribution in [0.4, 0.5) is 0 Å². The lowest BCUT2D eigenvalue weighted by Crippen LogP contribution is -2.29. The predicted molar refractivity (Wildman–Crippen MR) is 231 cm³/mol. The molecular formula is C44H52N2O2S2Si2. The first-order valence-corrected chi connectivity index (χ1v) is 26.6. The third-order valence-corrected chi connectivity index (χ3v) is 24.2. The SMILES string of the molecule is CC[Si](C#Cc1c2cc3cc(C(=O)N4CCCC4)sc3cc2c(C#C[Si](CC)(CC)CC)c2cc3cc(C(=O)N4CCCC4)sc3cc12)(CC)CC. The average molecular weight is 761 g/mol. The van der Waals surface area contributed by atoms with Crippen LogP contribution in [0.25, 0.3) is 41.7 Å². The number of benzene rings is 3. The van der Waals surface area contributed by atoms with Gasteiger partial charge in [0.1, 0.15) is 16.1 Å². The number of amides is 2. The van der Waals surface area contributed by atoms with Gasteiger partial charge in [-0.3, -0.25) is 9.59 Å². The van der Waals surface area contributed by atoms with Crippen LogP contribution in [0.15, 0.2) is 36.4 Å². The largest absolute Gasteiger partial charge is 0.338 e. The Bertz CT molecular complexity index is 2040. The number of thiophene rings is 2. The molecule has 52 heavy (non-hydrogen) atoms. The Labute approximate surface area is 320 Å². The Morgan fingerprint density at radius 1 is 0.538 bits per heavy atom. The van der Waals surface area contributed by atoms with Gasteiger partial charge in [0, 0.05) is 57.5 Å². The molecule has 2 aromatic heterocycles. The summed E-state index contributed by atoms with van der Waals surface area (Å²) in [5.74, 6) is 8.04. The zero-order chi connectivity index (χ0) is 36.6. The zero-order valence-electron chi connectivity index (χ0n) is 31.9. The Morgan fingerprint density at radius 3 is 1.19 bits per heavy atom. The van der Waals surface area contributed by atoms with Gasteiger partial charge in [-0.1, -0.05) is 53.4 Å². The van der Waals surface area contributed by atoms with Crippen LogP contribution >= 0.6 is 22.7 Å². The third-order valence-electron chi connectivity index (χ3n) is 12.6. The minimum Gasteiger partial charge on any atom is -0.338 e. The van der Waals surface area contributed by atoms with Crippen LogP contribution < -0.4 is 0 Å². The molecule has 4 heterocycles. The molecule has 0 bridgehead atoms. The lowest BCUT2D eigenvalue weighted by Gasteiger charge is -2.21. The van der Waals surface area contributed by atoms with Crippen molar-refractivity contribution in [2.75, 3.05) is 26.2 Å². The summed E-state index contributed by atoms with van der Waals surface area (Å²) in [4.78, 5) is 32.8. The topological polar surface area (TPSA) is 40.6 Å². The van der Waals surface area contributed by atoms with E-state index >= 15 is 0 Å². The molecule has 0 saturated carbocycles. The van der Waals surface area contributed by atoms with Crippen molar-refractivity contribution >= 4 is 92.4 Å². The highest BCUT2D eigenvalue weighted by atomic mass is 32.1. The van der Waals surface area contributed by atoms with Gasteiger partial charge in [-0.25, -0.2) is 0 Å². The van der Waals surface area contributed by atoms with Crippen molar-refractivity contribution in [1.82, 2.24) is 9.80 Å². The molecule has 0 spiro atoms. The monoisotopic (exact) mass is 760 g/mol. The highest BCUT2D eigenvalue weighted by Gasteiger charge is 2.28. The van der Waals surface area contributed by atoms with Crippen molar-refractivity contribution in [3.05, 3.63) is 57.3 Å². The van der Waals surface area contributed by atoms with Crippen molar-refractivity contribution in [1.29, 1.82) is 0 Å². The van der Waals surface area contributed by atoms with E-state index in [0.29, 0.717) is 0 Å². The molecule has 5 aromatic rings. The molecule has 3 aromatic carbocycles. The Hall–Kier alpha value is -3.41. The number of rotatable bonds is 8. The van der Waals surface area contributed by atoms with Crippen molar-refractivity contribution in [3.8, 4) is 22.9 Å². The molecule has 7 rings (SSSR count). The molecular weight excluding hydrogens is 709 g/mol. The number of hydrogen-bond acceptors (Lipinski definition) is 4. The Morgan fingerprint density at radius 2 is 0.865 bits per heavy atom. The smallest absolute Gasteiger partial charge is 0.263 e. The predicted octanol–water partition coefficient (Wildman–Crippen LogP) is 11.7. The first-order valence-electron chi connectivity index (χ1n) is 19.8. The second-order valence-electron chi connectivity index (χ2n) is 15.0.